The average Bonchev–Trinajstić information content (AvgIpc) is 2.32. The van der Waals surface area contributed by atoms with Crippen molar-refractivity contribution in [3.05, 3.63) is 27.1 Å². The molecule has 0 unspecified atom stereocenters. The Kier molecular flexibility index (Phi) is 4.54. The zero-order valence-corrected chi connectivity index (χ0v) is 11.7. The molecule has 0 fully saturated rings. The van der Waals surface area contributed by atoms with Gasteiger partial charge < -0.3 is 10.2 Å². The summed E-state index contributed by atoms with van der Waals surface area (Å²) in [7, 11) is -3.98. The summed E-state index contributed by atoms with van der Waals surface area (Å²) in [5.41, 5.74) is 0.195. The molecule has 8 heteroatoms. The first kappa shape index (κ1) is 15.0. The molecule has 0 aliphatic heterocycles. The quantitative estimate of drug-likeness (QED) is 0.636. The van der Waals surface area contributed by atoms with E-state index in [4.69, 9.17) is 10.5 Å². The summed E-state index contributed by atoms with van der Waals surface area (Å²) in [5.74, 6) is -1.66. The van der Waals surface area contributed by atoms with Gasteiger partial charge >= 0.3 is 0 Å². The number of allylic oxidation sites excluding steroid dienone is 1. The lowest BCUT2D eigenvalue weighted by Crippen LogP contribution is -2.06. The van der Waals surface area contributed by atoms with Crippen molar-refractivity contribution >= 4 is 31.8 Å². The molecule has 1 aromatic carbocycles. The van der Waals surface area contributed by atoms with Crippen LogP contribution in [-0.2, 0) is 9.84 Å². The molecular weight excluding hydrogens is 336 g/mol. The second kappa shape index (κ2) is 5.74. The van der Waals surface area contributed by atoms with E-state index in [-0.39, 0.29) is 10.0 Å². The third kappa shape index (κ3) is 3.47. The molecule has 2 N–H and O–H groups in total. The number of nitrogens with zero attached hydrogens (tertiary/aromatic N) is 2. The number of rotatable bonds is 3. The van der Waals surface area contributed by atoms with Crippen molar-refractivity contribution in [1.29, 1.82) is 10.5 Å². The Labute approximate surface area is 117 Å². The summed E-state index contributed by atoms with van der Waals surface area (Å²) in [6.45, 7) is 0. The van der Waals surface area contributed by atoms with Crippen LogP contribution >= 0.6 is 15.9 Å². The molecular formula is C11H7BrN2O4S. The number of benzene rings is 1. The van der Waals surface area contributed by atoms with Crippen LogP contribution in [0.4, 0.5) is 0 Å². The second-order valence-electron chi connectivity index (χ2n) is 3.41. The van der Waals surface area contributed by atoms with Crippen molar-refractivity contribution in [2.45, 2.75) is 0 Å². The molecule has 19 heavy (non-hydrogen) atoms. The number of halogens is 1. The molecule has 0 atom stereocenters. The van der Waals surface area contributed by atoms with Crippen molar-refractivity contribution in [2.24, 2.45) is 0 Å². The molecule has 0 saturated carbocycles. The van der Waals surface area contributed by atoms with Gasteiger partial charge in [-0.15, -0.1) is 0 Å². The minimum absolute atomic E-state index is 0.147. The minimum atomic E-state index is -3.98. The summed E-state index contributed by atoms with van der Waals surface area (Å²) in [6.07, 6.45) is 1.01. The van der Waals surface area contributed by atoms with Crippen molar-refractivity contribution in [3.63, 3.8) is 0 Å². The zero-order chi connectivity index (χ0) is 14.6. The molecule has 0 amide bonds. The first-order valence-electron chi connectivity index (χ1n) is 4.75. The molecule has 0 aliphatic carbocycles. The predicted octanol–water partition coefficient (Wildman–Crippen LogP) is 1.66. The van der Waals surface area contributed by atoms with E-state index in [0.29, 0.717) is 0 Å². The first-order valence-corrected chi connectivity index (χ1v) is 7.19. The Morgan fingerprint density at radius 3 is 2.47 bits per heavy atom. The van der Waals surface area contributed by atoms with Crippen molar-refractivity contribution in [1.82, 2.24) is 0 Å². The van der Waals surface area contributed by atoms with Gasteiger partial charge in [-0.25, -0.2) is 8.42 Å². The number of aromatic hydroxyl groups is 2. The van der Waals surface area contributed by atoms with Crippen molar-refractivity contribution in [3.8, 4) is 23.6 Å². The molecule has 0 bridgehead atoms. The standard InChI is InChI=1S/C11H7BrN2O4S/c12-9-4-7(5-10(15)11(9)16)3-8(6-14)19(17,18)2-1-13/h3-5,15-16H,2H2. The fraction of sp³-hybridized carbons (Fsp3) is 0.0909. The van der Waals surface area contributed by atoms with E-state index in [2.05, 4.69) is 15.9 Å². The van der Waals surface area contributed by atoms with Crippen LogP contribution in [-0.4, -0.2) is 24.4 Å². The Morgan fingerprint density at radius 2 is 2.00 bits per heavy atom. The predicted molar refractivity (Wildman–Crippen MR) is 70.5 cm³/mol. The lowest BCUT2D eigenvalue weighted by molar-refractivity contribution is 0.401. The van der Waals surface area contributed by atoms with Crippen LogP contribution in [0, 0.1) is 22.7 Å². The second-order valence-corrected chi connectivity index (χ2v) is 6.22. The third-order valence-electron chi connectivity index (χ3n) is 2.06. The van der Waals surface area contributed by atoms with Gasteiger partial charge in [0.1, 0.15) is 16.7 Å². The van der Waals surface area contributed by atoms with Gasteiger partial charge in [0.05, 0.1) is 10.5 Å². The molecule has 0 saturated heterocycles. The normalized spacial score (nSPS) is 11.6. The lowest BCUT2D eigenvalue weighted by Gasteiger charge is -2.03. The number of hydrogen-bond donors (Lipinski definition) is 2. The maximum Gasteiger partial charge on any atom is 0.201 e. The fourth-order valence-corrected chi connectivity index (χ4v) is 2.44. The van der Waals surface area contributed by atoms with Gasteiger partial charge in [-0.05, 0) is 39.7 Å². The van der Waals surface area contributed by atoms with Crippen LogP contribution < -0.4 is 0 Å². The molecule has 0 heterocycles. The van der Waals surface area contributed by atoms with Crippen LogP contribution in [0.2, 0.25) is 0 Å². The first-order chi connectivity index (χ1) is 8.81. The topological polar surface area (TPSA) is 122 Å². The SMILES string of the molecule is N#CCS(=O)(=O)C(C#N)=Cc1cc(O)c(O)c(Br)c1. The van der Waals surface area contributed by atoms with Gasteiger partial charge in [-0.2, -0.15) is 10.5 Å². The number of sulfone groups is 1. The van der Waals surface area contributed by atoms with Gasteiger partial charge in [0.2, 0.25) is 9.84 Å². The lowest BCUT2D eigenvalue weighted by atomic mass is 10.2. The van der Waals surface area contributed by atoms with Crippen LogP contribution in [0.15, 0.2) is 21.5 Å². The monoisotopic (exact) mass is 342 g/mol. The highest BCUT2D eigenvalue weighted by Gasteiger charge is 2.17. The van der Waals surface area contributed by atoms with Crippen LogP contribution in [0.3, 0.4) is 0 Å². The van der Waals surface area contributed by atoms with E-state index >= 15 is 0 Å². The molecule has 1 rings (SSSR count). The maximum absolute atomic E-state index is 11.6. The van der Waals surface area contributed by atoms with Crippen LogP contribution in [0.25, 0.3) is 6.08 Å². The summed E-state index contributed by atoms with van der Waals surface area (Å²) in [4.78, 5) is -0.592. The Hall–Kier alpha value is -2.03. The van der Waals surface area contributed by atoms with Gasteiger partial charge in [0.25, 0.3) is 0 Å². The summed E-state index contributed by atoms with van der Waals surface area (Å²) >= 11 is 2.97. The molecule has 0 spiro atoms. The van der Waals surface area contributed by atoms with Gasteiger partial charge in [0, 0.05) is 0 Å². The molecule has 98 valence electrons. The molecule has 6 nitrogen and oxygen atoms in total. The van der Waals surface area contributed by atoms with Crippen molar-refractivity contribution in [2.75, 3.05) is 5.75 Å². The van der Waals surface area contributed by atoms with E-state index in [1.165, 1.54) is 18.2 Å². The van der Waals surface area contributed by atoms with Crippen molar-refractivity contribution < 1.29 is 18.6 Å². The van der Waals surface area contributed by atoms with Crippen LogP contribution in [0.5, 0.6) is 11.5 Å². The zero-order valence-electron chi connectivity index (χ0n) is 9.33. The summed E-state index contributed by atoms with van der Waals surface area (Å²) < 4.78 is 23.3. The number of nitriles is 2. The highest BCUT2D eigenvalue weighted by atomic mass is 79.9. The number of phenols is 2. The molecule has 0 radical (unpaired) electrons. The van der Waals surface area contributed by atoms with Gasteiger partial charge in [-0.3, -0.25) is 0 Å². The number of hydrogen-bond acceptors (Lipinski definition) is 6. The van der Waals surface area contributed by atoms with E-state index < -0.39 is 32.0 Å². The Morgan fingerprint density at radius 1 is 1.37 bits per heavy atom. The van der Waals surface area contributed by atoms with E-state index in [9.17, 15) is 18.6 Å². The van der Waals surface area contributed by atoms with E-state index in [1.54, 1.807) is 0 Å². The molecule has 0 aromatic heterocycles. The molecule has 0 aliphatic rings. The Balaban J connectivity index is 3.37. The molecule has 1 aromatic rings. The van der Waals surface area contributed by atoms with Gasteiger partial charge in [-0.1, -0.05) is 0 Å². The fourth-order valence-electron chi connectivity index (χ4n) is 1.19. The summed E-state index contributed by atoms with van der Waals surface area (Å²) in [6, 6.07) is 5.38. The van der Waals surface area contributed by atoms with Gasteiger partial charge in [0.15, 0.2) is 11.5 Å². The Bertz CT molecular complexity index is 703. The third-order valence-corrected chi connectivity index (χ3v) is 4.06. The highest BCUT2D eigenvalue weighted by Crippen LogP contribution is 2.35. The smallest absolute Gasteiger partial charge is 0.201 e. The summed E-state index contributed by atoms with van der Waals surface area (Å²) in [5, 5.41) is 35.9. The maximum atomic E-state index is 11.6. The van der Waals surface area contributed by atoms with E-state index in [0.717, 1.165) is 12.1 Å². The largest absolute Gasteiger partial charge is 0.504 e. The van der Waals surface area contributed by atoms with E-state index in [1.807, 2.05) is 0 Å². The number of phenolic OH excluding ortho intramolecular Hbond substituents is 2. The highest BCUT2D eigenvalue weighted by molar-refractivity contribution is 9.10. The average molecular weight is 343 g/mol. The minimum Gasteiger partial charge on any atom is -0.504 e. The van der Waals surface area contributed by atoms with Crippen LogP contribution in [0.1, 0.15) is 5.56 Å².